The van der Waals surface area contributed by atoms with Crippen molar-refractivity contribution in [2.75, 3.05) is 4.90 Å². The van der Waals surface area contributed by atoms with Gasteiger partial charge in [0.15, 0.2) is 0 Å². The maximum atomic E-state index is 10.0. The highest BCUT2D eigenvalue weighted by Gasteiger charge is 2.15. The van der Waals surface area contributed by atoms with Gasteiger partial charge in [-0.1, -0.05) is 109 Å². The minimum Gasteiger partial charge on any atom is -0.310 e. The van der Waals surface area contributed by atoms with Crippen molar-refractivity contribution >= 4 is 50.3 Å². The Hall–Kier alpha value is -5.13. The van der Waals surface area contributed by atoms with Crippen molar-refractivity contribution in [3.8, 4) is 6.07 Å². The molecule has 6 aromatic rings. The van der Waals surface area contributed by atoms with Gasteiger partial charge in [0.25, 0.3) is 0 Å². The molecule has 0 atom stereocenters. The number of para-hydroxylation sites is 1. The minimum absolute atomic E-state index is 0.638. The van der Waals surface area contributed by atoms with Gasteiger partial charge in [-0.2, -0.15) is 5.26 Å². The molecule has 0 saturated heterocycles. The van der Waals surface area contributed by atoms with E-state index in [1.54, 1.807) is 0 Å². The molecule has 0 N–H and O–H groups in total. The van der Waals surface area contributed by atoms with Crippen molar-refractivity contribution in [2.45, 2.75) is 0 Å². The van der Waals surface area contributed by atoms with E-state index < -0.39 is 0 Å². The Balaban J connectivity index is 1.44. The second kappa shape index (κ2) is 9.85. The van der Waals surface area contributed by atoms with Gasteiger partial charge in [0.05, 0.1) is 17.3 Å². The average molecular weight is 473 g/mol. The first-order valence-electron chi connectivity index (χ1n) is 12.3. The lowest BCUT2D eigenvalue weighted by Crippen LogP contribution is -2.10. The van der Waals surface area contributed by atoms with Crippen LogP contribution in [-0.4, -0.2) is 0 Å². The standard InChI is InChI=1S/C35H24N2/c36-25-30(24-29-14-8-12-27-10-4-6-17-33(27)29)26-20-22-32(23-21-26)37(31-15-2-1-3-16-31)35-19-9-13-28-11-5-7-18-34(28)35/h1-24H/b30-24+. The van der Waals surface area contributed by atoms with Gasteiger partial charge in [0.1, 0.15) is 0 Å². The van der Waals surface area contributed by atoms with Crippen molar-refractivity contribution in [2.24, 2.45) is 0 Å². The smallest absolute Gasteiger partial charge is 0.0998 e. The summed E-state index contributed by atoms with van der Waals surface area (Å²) in [6.07, 6.45) is 1.98. The SMILES string of the molecule is N#C/C(=C\c1cccc2ccccc12)c1ccc(N(c2ccccc2)c2cccc3ccccc23)cc1. The molecule has 0 saturated carbocycles. The molecule has 0 amide bonds. The highest BCUT2D eigenvalue weighted by atomic mass is 15.1. The molecule has 37 heavy (non-hydrogen) atoms. The third kappa shape index (κ3) is 4.35. The zero-order valence-corrected chi connectivity index (χ0v) is 20.3. The lowest BCUT2D eigenvalue weighted by molar-refractivity contribution is 1.29. The van der Waals surface area contributed by atoms with E-state index in [0.717, 1.165) is 39.0 Å². The van der Waals surface area contributed by atoms with E-state index in [4.69, 9.17) is 0 Å². The lowest BCUT2D eigenvalue weighted by Gasteiger charge is -2.27. The molecule has 174 valence electrons. The van der Waals surface area contributed by atoms with Crippen molar-refractivity contribution in [1.82, 2.24) is 0 Å². The molecule has 0 fully saturated rings. The fourth-order valence-electron chi connectivity index (χ4n) is 4.91. The maximum absolute atomic E-state index is 10.0. The van der Waals surface area contributed by atoms with Crippen molar-refractivity contribution in [1.29, 1.82) is 5.26 Å². The summed E-state index contributed by atoms with van der Waals surface area (Å²) in [5.74, 6) is 0. The fraction of sp³-hybridized carbons (Fsp3) is 0. The summed E-state index contributed by atoms with van der Waals surface area (Å²) < 4.78 is 0. The van der Waals surface area contributed by atoms with Crippen LogP contribution in [0, 0.1) is 11.3 Å². The number of fused-ring (bicyclic) bond motifs is 2. The Morgan fingerprint density at radius 2 is 1.11 bits per heavy atom. The monoisotopic (exact) mass is 472 g/mol. The first-order chi connectivity index (χ1) is 18.3. The highest BCUT2D eigenvalue weighted by molar-refractivity contribution is 6.00. The van der Waals surface area contributed by atoms with Crippen LogP contribution in [0.15, 0.2) is 140 Å². The molecule has 0 spiro atoms. The molecule has 2 nitrogen and oxygen atoms in total. The minimum atomic E-state index is 0.638. The van der Waals surface area contributed by atoms with Gasteiger partial charge >= 0.3 is 0 Å². The molecular weight excluding hydrogens is 448 g/mol. The number of anilines is 3. The fourth-order valence-corrected chi connectivity index (χ4v) is 4.91. The van der Waals surface area contributed by atoms with Gasteiger partial charge in [0.2, 0.25) is 0 Å². The average Bonchev–Trinajstić information content (AvgIpc) is 2.97. The van der Waals surface area contributed by atoms with E-state index in [1.807, 2.05) is 42.5 Å². The molecule has 0 bridgehead atoms. The summed E-state index contributed by atoms with van der Waals surface area (Å²) in [6.45, 7) is 0. The third-order valence-electron chi connectivity index (χ3n) is 6.70. The van der Waals surface area contributed by atoms with E-state index in [-0.39, 0.29) is 0 Å². The van der Waals surface area contributed by atoms with E-state index in [0.29, 0.717) is 5.57 Å². The molecule has 6 rings (SSSR count). The van der Waals surface area contributed by atoms with Gasteiger partial charge in [-0.3, -0.25) is 0 Å². The molecule has 0 aromatic heterocycles. The van der Waals surface area contributed by atoms with Gasteiger partial charge < -0.3 is 4.90 Å². The topological polar surface area (TPSA) is 27.0 Å². The zero-order valence-electron chi connectivity index (χ0n) is 20.3. The summed E-state index contributed by atoms with van der Waals surface area (Å²) in [5.41, 5.74) is 5.81. The summed E-state index contributed by atoms with van der Waals surface area (Å²) in [6, 6.07) is 50.4. The highest BCUT2D eigenvalue weighted by Crippen LogP contribution is 2.39. The molecule has 0 aliphatic rings. The predicted octanol–water partition coefficient (Wildman–Crippen LogP) is 9.53. The van der Waals surface area contributed by atoms with E-state index >= 15 is 0 Å². The molecule has 2 heteroatoms. The van der Waals surface area contributed by atoms with Gasteiger partial charge in [-0.15, -0.1) is 0 Å². The zero-order chi connectivity index (χ0) is 25.0. The lowest BCUT2D eigenvalue weighted by atomic mass is 9.99. The first-order valence-corrected chi connectivity index (χ1v) is 12.3. The summed E-state index contributed by atoms with van der Waals surface area (Å²) in [4.78, 5) is 2.27. The van der Waals surface area contributed by atoms with Crippen molar-refractivity contribution < 1.29 is 0 Å². The molecule has 0 aliphatic carbocycles. The van der Waals surface area contributed by atoms with Crippen molar-refractivity contribution in [3.05, 3.63) is 151 Å². The number of rotatable bonds is 5. The second-order valence-electron chi connectivity index (χ2n) is 8.95. The molecule has 0 radical (unpaired) electrons. The van der Waals surface area contributed by atoms with Crippen LogP contribution in [0.25, 0.3) is 33.2 Å². The largest absolute Gasteiger partial charge is 0.310 e. The third-order valence-corrected chi connectivity index (χ3v) is 6.70. The molecule has 0 heterocycles. The summed E-state index contributed by atoms with van der Waals surface area (Å²) in [7, 11) is 0. The van der Waals surface area contributed by atoms with Crippen LogP contribution in [0.1, 0.15) is 11.1 Å². The Labute approximate surface area is 217 Å². The Morgan fingerprint density at radius 3 is 1.84 bits per heavy atom. The Bertz CT molecular complexity index is 1760. The summed E-state index contributed by atoms with van der Waals surface area (Å²) >= 11 is 0. The number of nitrogens with zero attached hydrogens (tertiary/aromatic N) is 2. The second-order valence-corrected chi connectivity index (χ2v) is 8.95. The van der Waals surface area contributed by atoms with Gasteiger partial charge in [-0.05, 0) is 63.7 Å². The van der Waals surface area contributed by atoms with Crippen LogP contribution in [0.5, 0.6) is 0 Å². The van der Waals surface area contributed by atoms with Crippen LogP contribution >= 0.6 is 0 Å². The molecular formula is C35H24N2. The predicted molar refractivity (Wildman–Crippen MR) is 156 cm³/mol. The number of hydrogen-bond acceptors (Lipinski definition) is 2. The first kappa shape index (κ1) is 22.3. The maximum Gasteiger partial charge on any atom is 0.0998 e. The summed E-state index contributed by atoms with van der Waals surface area (Å²) in [5, 5.41) is 14.7. The van der Waals surface area contributed by atoms with Crippen LogP contribution in [0.3, 0.4) is 0 Å². The van der Waals surface area contributed by atoms with Crippen molar-refractivity contribution in [3.63, 3.8) is 0 Å². The number of nitriles is 1. The van der Waals surface area contributed by atoms with Crippen LogP contribution in [-0.2, 0) is 0 Å². The normalized spacial score (nSPS) is 11.4. The molecule has 6 aromatic carbocycles. The number of benzene rings is 6. The van der Waals surface area contributed by atoms with Gasteiger partial charge in [-0.25, -0.2) is 0 Å². The number of allylic oxidation sites excluding steroid dienone is 1. The van der Waals surface area contributed by atoms with E-state index in [1.165, 1.54) is 10.8 Å². The molecule has 0 unspecified atom stereocenters. The molecule has 0 aliphatic heterocycles. The van der Waals surface area contributed by atoms with E-state index in [9.17, 15) is 5.26 Å². The van der Waals surface area contributed by atoms with E-state index in [2.05, 4.69) is 114 Å². The quantitative estimate of drug-likeness (QED) is 0.184. The van der Waals surface area contributed by atoms with Gasteiger partial charge in [0, 0.05) is 16.8 Å². The van der Waals surface area contributed by atoms with Crippen LogP contribution in [0.4, 0.5) is 17.1 Å². The Morgan fingerprint density at radius 1 is 0.541 bits per heavy atom. The number of hydrogen-bond donors (Lipinski definition) is 0. The Kier molecular flexibility index (Phi) is 5.95. The van der Waals surface area contributed by atoms with Crippen LogP contribution in [0.2, 0.25) is 0 Å². The van der Waals surface area contributed by atoms with Crippen LogP contribution < -0.4 is 4.90 Å².